The highest BCUT2D eigenvalue weighted by Gasteiger charge is 2.19. The van der Waals surface area contributed by atoms with Gasteiger partial charge < -0.3 is 14.4 Å². The lowest BCUT2D eigenvalue weighted by atomic mass is 10.2. The Morgan fingerprint density at radius 1 is 1.17 bits per heavy atom. The second-order valence-corrected chi connectivity index (χ2v) is 7.86. The van der Waals surface area contributed by atoms with Gasteiger partial charge in [0.15, 0.2) is 16.6 Å². The second kappa shape index (κ2) is 9.42. The molecule has 4 rings (SSSR count). The van der Waals surface area contributed by atoms with E-state index in [0.29, 0.717) is 39.9 Å². The molecule has 0 bridgehead atoms. The Balaban J connectivity index is 0.00000256. The van der Waals surface area contributed by atoms with E-state index in [1.807, 2.05) is 37.2 Å². The molecule has 2 aromatic carbocycles. The smallest absolute Gasteiger partial charge is 0.252 e. The minimum Gasteiger partial charge on any atom is -0.454 e. The van der Waals surface area contributed by atoms with Crippen molar-refractivity contribution in [3.63, 3.8) is 0 Å². The summed E-state index contributed by atoms with van der Waals surface area (Å²) < 4.78 is 24.9. The van der Waals surface area contributed by atoms with Gasteiger partial charge in [0.25, 0.3) is 5.91 Å². The number of anilines is 1. The van der Waals surface area contributed by atoms with Gasteiger partial charge in [0, 0.05) is 19.2 Å². The zero-order valence-electron chi connectivity index (χ0n) is 16.5. The van der Waals surface area contributed by atoms with Crippen molar-refractivity contribution >= 4 is 51.1 Å². The van der Waals surface area contributed by atoms with Crippen LogP contribution in [0.4, 0.5) is 9.52 Å². The predicted octanol–water partition coefficient (Wildman–Crippen LogP) is 4.19. The van der Waals surface area contributed by atoms with Crippen LogP contribution < -0.4 is 14.4 Å². The second-order valence-electron chi connectivity index (χ2n) is 6.85. The molecule has 0 aliphatic carbocycles. The van der Waals surface area contributed by atoms with E-state index in [0.717, 1.165) is 5.56 Å². The summed E-state index contributed by atoms with van der Waals surface area (Å²) in [5.41, 5.74) is 1.51. The number of carbonyl (C=O) groups is 1. The van der Waals surface area contributed by atoms with Crippen molar-refractivity contribution in [1.29, 1.82) is 0 Å². The van der Waals surface area contributed by atoms with Crippen LogP contribution in [-0.4, -0.2) is 49.8 Å². The number of likely N-dealkylation sites (N-methyl/N-ethyl adjacent to an activating group) is 1. The van der Waals surface area contributed by atoms with E-state index in [-0.39, 0.29) is 30.9 Å². The van der Waals surface area contributed by atoms with Gasteiger partial charge in [-0.15, -0.1) is 12.4 Å². The van der Waals surface area contributed by atoms with Gasteiger partial charge in [-0.05, 0) is 56.1 Å². The third kappa shape index (κ3) is 4.89. The Labute approximate surface area is 183 Å². The van der Waals surface area contributed by atoms with E-state index < -0.39 is 0 Å². The molecule has 1 amide bonds. The number of thiazole rings is 1. The van der Waals surface area contributed by atoms with Gasteiger partial charge >= 0.3 is 0 Å². The number of aromatic nitrogens is 1. The quantitative estimate of drug-likeness (QED) is 0.528. The highest BCUT2D eigenvalue weighted by atomic mass is 35.5. The van der Waals surface area contributed by atoms with Crippen molar-refractivity contribution < 1.29 is 18.7 Å². The lowest BCUT2D eigenvalue weighted by Gasteiger charge is -2.20. The Morgan fingerprint density at radius 2 is 1.97 bits per heavy atom. The van der Waals surface area contributed by atoms with E-state index in [4.69, 9.17) is 9.47 Å². The molecular weight excluding hydrogens is 429 g/mol. The minimum absolute atomic E-state index is 0. The Morgan fingerprint density at radius 3 is 2.77 bits per heavy atom. The molecule has 0 radical (unpaired) electrons. The SMILES string of the molecule is CN(C)CCN(C(=O)C=Cc1ccc2c(c1)OCO2)c1nc2ccc(F)cc2s1.Cl. The highest BCUT2D eigenvalue weighted by molar-refractivity contribution is 7.22. The van der Waals surface area contributed by atoms with Gasteiger partial charge in [-0.2, -0.15) is 0 Å². The van der Waals surface area contributed by atoms with Crippen LogP contribution in [0.2, 0.25) is 0 Å². The third-order valence-corrected chi connectivity index (χ3v) is 5.46. The first kappa shape index (κ1) is 22.0. The number of ether oxygens (including phenoxy) is 2. The largest absolute Gasteiger partial charge is 0.454 e. The number of nitrogens with zero attached hydrogens (tertiary/aromatic N) is 3. The Bertz CT molecular complexity index is 1090. The van der Waals surface area contributed by atoms with E-state index in [1.165, 1.54) is 29.5 Å². The average Bonchev–Trinajstić information content (AvgIpc) is 3.32. The predicted molar refractivity (Wildman–Crippen MR) is 119 cm³/mol. The van der Waals surface area contributed by atoms with Crippen molar-refractivity contribution in [3.8, 4) is 11.5 Å². The van der Waals surface area contributed by atoms with Gasteiger partial charge in [-0.3, -0.25) is 9.69 Å². The fourth-order valence-corrected chi connectivity index (χ4v) is 3.90. The van der Waals surface area contributed by atoms with Gasteiger partial charge in [0.05, 0.1) is 10.2 Å². The van der Waals surface area contributed by atoms with Crippen LogP contribution in [0.3, 0.4) is 0 Å². The molecule has 158 valence electrons. The van der Waals surface area contributed by atoms with Crippen LogP contribution in [0.5, 0.6) is 11.5 Å². The molecule has 1 aliphatic heterocycles. The van der Waals surface area contributed by atoms with Crippen LogP contribution >= 0.6 is 23.7 Å². The first-order valence-corrected chi connectivity index (χ1v) is 9.91. The molecular formula is C21H21ClFN3O3S. The van der Waals surface area contributed by atoms with Crippen molar-refractivity contribution in [3.05, 3.63) is 53.9 Å². The molecule has 0 saturated carbocycles. The first-order valence-electron chi connectivity index (χ1n) is 9.10. The number of fused-ring (bicyclic) bond motifs is 2. The summed E-state index contributed by atoms with van der Waals surface area (Å²) in [5, 5.41) is 0.549. The molecule has 3 aromatic rings. The maximum atomic E-state index is 13.5. The van der Waals surface area contributed by atoms with E-state index in [2.05, 4.69) is 4.98 Å². The molecule has 1 aliphatic rings. The minimum atomic E-state index is -0.318. The maximum Gasteiger partial charge on any atom is 0.252 e. The monoisotopic (exact) mass is 449 g/mol. The summed E-state index contributed by atoms with van der Waals surface area (Å²) in [6.07, 6.45) is 3.25. The molecule has 1 aromatic heterocycles. The number of rotatable bonds is 6. The summed E-state index contributed by atoms with van der Waals surface area (Å²) >= 11 is 1.30. The van der Waals surface area contributed by atoms with Crippen LogP contribution in [0.1, 0.15) is 5.56 Å². The number of amides is 1. The molecule has 9 heteroatoms. The Kier molecular flexibility index (Phi) is 6.91. The highest BCUT2D eigenvalue weighted by Crippen LogP contribution is 2.33. The van der Waals surface area contributed by atoms with Crippen LogP contribution in [0, 0.1) is 5.82 Å². The number of hydrogen-bond acceptors (Lipinski definition) is 6. The van der Waals surface area contributed by atoms with Crippen LogP contribution in [0.25, 0.3) is 16.3 Å². The topological polar surface area (TPSA) is 54.9 Å². The van der Waals surface area contributed by atoms with Gasteiger partial charge in [0.2, 0.25) is 6.79 Å². The molecule has 0 atom stereocenters. The van der Waals surface area contributed by atoms with Crippen molar-refractivity contribution in [1.82, 2.24) is 9.88 Å². The number of hydrogen-bond donors (Lipinski definition) is 0. The van der Waals surface area contributed by atoms with Crippen molar-refractivity contribution in [2.75, 3.05) is 38.9 Å². The molecule has 0 saturated heterocycles. The molecule has 0 N–H and O–H groups in total. The zero-order chi connectivity index (χ0) is 20.4. The fourth-order valence-electron chi connectivity index (χ4n) is 2.88. The molecule has 6 nitrogen and oxygen atoms in total. The number of benzene rings is 2. The normalized spacial score (nSPS) is 12.5. The van der Waals surface area contributed by atoms with Crippen LogP contribution in [0.15, 0.2) is 42.5 Å². The summed E-state index contributed by atoms with van der Waals surface area (Å²) in [7, 11) is 3.89. The number of carbonyl (C=O) groups excluding carboxylic acids is 1. The lowest BCUT2D eigenvalue weighted by Crippen LogP contribution is -2.35. The van der Waals surface area contributed by atoms with E-state index in [1.54, 1.807) is 17.0 Å². The molecule has 0 unspecified atom stereocenters. The van der Waals surface area contributed by atoms with Gasteiger partial charge in [-0.25, -0.2) is 9.37 Å². The van der Waals surface area contributed by atoms with Gasteiger partial charge in [-0.1, -0.05) is 17.4 Å². The summed E-state index contributed by atoms with van der Waals surface area (Å²) in [6, 6.07) is 9.95. The number of halogens is 2. The lowest BCUT2D eigenvalue weighted by molar-refractivity contribution is -0.114. The molecule has 0 fully saturated rings. The first-order chi connectivity index (χ1) is 14.0. The molecule has 2 heterocycles. The fraction of sp³-hybridized carbons (Fsp3) is 0.238. The van der Waals surface area contributed by atoms with Gasteiger partial charge in [0.1, 0.15) is 5.82 Å². The third-order valence-electron chi connectivity index (χ3n) is 4.42. The maximum absolute atomic E-state index is 13.5. The Hall–Kier alpha value is -2.68. The zero-order valence-corrected chi connectivity index (χ0v) is 18.1. The van der Waals surface area contributed by atoms with E-state index >= 15 is 0 Å². The molecule has 30 heavy (non-hydrogen) atoms. The summed E-state index contributed by atoms with van der Waals surface area (Å²) in [5.74, 6) is 0.852. The van der Waals surface area contributed by atoms with E-state index in [9.17, 15) is 9.18 Å². The summed E-state index contributed by atoms with van der Waals surface area (Å²) in [6.45, 7) is 1.35. The molecule has 0 spiro atoms. The van der Waals surface area contributed by atoms with Crippen molar-refractivity contribution in [2.24, 2.45) is 0 Å². The average molecular weight is 450 g/mol. The standard InChI is InChI=1S/C21H20FN3O3S.ClH/c1-24(2)9-10-25(21-23-16-6-5-15(22)12-19(16)29-21)20(26)8-4-14-3-7-17-18(11-14)28-13-27-17;/h3-8,11-12H,9-10,13H2,1-2H3;1H. The summed E-state index contributed by atoms with van der Waals surface area (Å²) in [4.78, 5) is 21.1. The van der Waals surface area contributed by atoms with Crippen LogP contribution in [-0.2, 0) is 4.79 Å². The van der Waals surface area contributed by atoms with Crippen molar-refractivity contribution in [2.45, 2.75) is 0 Å².